The average molecular weight is 332 g/mol. The van der Waals surface area contributed by atoms with Crippen LogP contribution in [0.5, 0.6) is 0 Å². The van der Waals surface area contributed by atoms with Crippen molar-refractivity contribution in [2.75, 3.05) is 0 Å². The van der Waals surface area contributed by atoms with Crippen LogP contribution in [0.3, 0.4) is 0 Å². The van der Waals surface area contributed by atoms with E-state index in [0.717, 1.165) is 54.9 Å². The van der Waals surface area contributed by atoms with Gasteiger partial charge >= 0.3 is 0 Å². The molecule has 0 saturated carbocycles. The van der Waals surface area contributed by atoms with E-state index in [1.165, 1.54) is 0 Å². The minimum atomic E-state index is 0.938. The highest BCUT2D eigenvalue weighted by molar-refractivity contribution is 6.47. The first-order valence-corrected chi connectivity index (χ1v) is 9.26. The molecule has 0 N–H and O–H groups in total. The molecule has 0 radical (unpaired) electrons. The number of hydrogen-bond acceptors (Lipinski definition) is 2. The van der Waals surface area contributed by atoms with Gasteiger partial charge in [0.05, 0.1) is 22.8 Å². The van der Waals surface area contributed by atoms with E-state index in [0.29, 0.717) is 0 Å². The van der Waals surface area contributed by atoms with Gasteiger partial charge in [-0.15, -0.1) is 0 Å². The zero-order valence-corrected chi connectivity index (χ0v) is 15.4. The van der Waals surface area contributed by atoms with Gasteiger partial charge in [0.2, 0.25) is 0 Å². The number of nitrogens with zero attached hydrogens (tertiary/aromatic N) is 2. The van der Waals surface area contributed by atoms with Gasteiger partial charge in [-0.05, 0) is 49.6 Å². The third kappa shape index (κ3) is 6.88. The van der Waals surface area contributed by atoms with Gasteiger partial charge in [0.25, 0.3) is 0 Å². The Labute approximate surface area is 152 Å². The molecule has 0 spiro atoms. The van der Waals surface area contributed by atoms with E-state index in [-0.39, 0.29) is 0 Å². The fourth-order valence-corrected chi connectivity index (χ4v) is 2.45. The van der Waals surface area contributed by atoms with E-state index < -0.39 is 0 Å². The molecule has 0 bridgehead atoms. The molecule has 0 fully saturated rings. The van der Waals surface area contributed by atoms with E-state index in [1.807, 2.05) is 60.7 Å². The van der Waals surface area contributed by atoms with Crippen LogP contribution < -0.4 is 0 Å². The number of benzene rings is 2. The van der Waals surface area contributed by atoms with Crippen molar-refractivity contribution < 1.29 is 0 Å². The highest BCUT2D eigenvalue weighted by Crippen LogP contribution is 2.17. The number of para-hydroxylation sites is 2. The average Bonchev–Trinajstić information content (AvgIpc) is 2.66. The maximum atomic E-state index is 4.91. The molecule has 130 valence electrons. The Kier molecular flexibility index (Phi) is 8.40. The molecule has 0 atom stereocenters. The Hall–Kier alpha value is -2.48. The van der Waals surface area contributed by atoms with Gasteiger partial charge in [-0.1, -0.05) is 69.2 Å². The van der Waals surface area contributed by atoms with Crippen molar-refractivity contribution in [1.29, 1.82) is 0 Å². The third-order valence-electron chi connectivity index (χ3n) is 3.82. The SMILES string of the molecule is CCCC=CC(=Nc1ccccc1)C(CCCC)=Nc1ccccc1. The number of hydrogen-bond donors (Lipinski definition) is 0. The number of allylic oxidation sites excluding steroid dienone is 2. The summed E-state index contributed by atoms with van der Waals surface area (Å²) in [6.45, 7) is 4.40. The summed E-state index contributed by atoms with van der Waals surface area (Å²) in [5.74, 6) is 0. The highest BCUT2D eigenvalue weighted by atomic mass is 14.8. The fourth-order valence-electron chi connectivity index (χ4n) is 2.45. The second-order valence-electron chi connectivity index (χ2n) is 6.02. The largest absolute Gasteiger partial charge is 0.251 e. The normalized spacial score (nSPS) is 12.7. The van der Waals surface area contributed by atoms with Crippen molar-refractivity contribution in [1.82, 2.24) is 0 Å². The van der Waals surface area contributed by atoms with Crippen LogP contribution in [0.4, 0.5) is 11.4 Å². The Morgan fingerprint density at radius 3 is 1.96 bits per heavy atom. The molecule has 2 rings (SSSR count). The molecule has 25 heavy (non-hydrogen) atoms. The quantitative estimate of drug-likeness (QED) is 0.438. The molecule has 0 aliphatic rings. The van der Waals surface area contributed by atoms with E-state index in [9.17, 15) is 0 Å². The molecule has 0 amide bonds. The second kappa shape index (κ2) is 11.1. The molecule has 0 aliphatic carbocycles. The molecule has 2 nitrogen and oxygen atoms in total. The van der Waals surface area contributed by atoms with Crippen molar-refractivity contribution in [2.24, 2.45) is 9.98 Å². The van der Waals surface area contributed by atoms with Crippen LogP contribution >= 0.6 is 0 Å². The van der Waals surface area contributed by atoms with E-state index in [2.05, 4.69) is 26.0 Å². The zero-order valence-electron chi connectivity index (χ0n) is 15.4. The maximum Gasteiger partial charge on any atom is 0.0848 e. The van der Waals surface area contributed by atoms with E-state index in [4.69, 9.17) is 9.98 Å². The van der Waals surface area contributed by atoms with Crippen LogP contribution in [0.1, 0.15) is 46.0 Å². The van der Waals surface area contributed by atoms with Crippen LogP contribution in [0, 0.1) is 0 Å². The molecule has 0 unspecified atom stereocenters. The van der Waals surface area contributed by atoms with Gasteiger partial charge in [-0.3, -0.25) is 4.99 Å². The molecule has 0 aromatic heterocycles. The monoisotopic (exact) mass is 332 g/mol. The number of aliphatic imine (C=N–C) groups is 2. The molecular weight excluding hydrogens is 304 g/mol. The Balaban J connectivity index is 2.41. The molecule has 2 aromatic rings. The summed E-state index contributed by atoms with van der Waals surface area (Å²) in [4.78, 5) is 9.78. The summed E-state index contributed by atoms with van der Waals surface area (Å²) in [5.41, 5.74) is 3.98. The molecule has 0 saturated heterocycles. The van der Waals surface area contributed by atoms with Gasteiger partial charge in [0.15, 0.2) is 0 Å². The van der Waals surface area contributed by atoms with E-state index in [1.54, 1.807) is 0 Å². The summed E-state index contributed by atoms with van der Waals surface area (Å²) in [6, 6.07) is 20.3. The van der Waals surface area contributed by atoms with E-state index >= 15 is 0 Å². The summed E-state index contributed by atoms with van der Waals surface area (Å²) in [7, 11) is 0. The maximum absolute atomic E-state index is 4.91. The molecular formula is C23H28N2. The molecule has 0 heterocycles. The topological polar surface area (TPSA) is 24.7 Å². The second-order valence-corrected chi connectivity index (χ2v) is 6.02. The van der Waals surface area contributed by atoms with Crippen molar-refractivity contribution in [3.05, 3.63) is 72.8 Å². The number of unbranched alkanes of at least 4 members (excludes halogenated alkanes) is 2. The summed E-state index contributed by atoms with van der Waals surface area (Å²) in [5, 5.41) is 0. The van der Waals surface area contributed by atoms with Crippen molar-refractivity contribution in [2.45, 2.75) is 46.0 Å². The summed E-state index contributed by atoms with van der Waals surface area (Å²) < 4.78 is 0. The van der Waals surface area contributed by atoms with Gasteiger partial charge < -0.3 is 0 Å². The molecule has 2 aromatic carbocycles. The van der Waals surface area contributed by atoms with Crippen LogP contribution in [0.2, 0.25) is 0 Å². The summed E-state index contributed by atoms with van der Waals surface area (Å²) in [6.07, 6.45) is 9.72. The highest BCUT2D eigenvalue weighted by Gasteiger charge is 2.07. The lowest BCUT2D eigenvalue weighted by Crippen LogP contribution is -2.11. The predicted molar refractivity (Wildman–Crippen MR) is 111 cm³/mol. The van der Waals surface area contributed by atoms with Crippen molar-refractivity contribution in [3.63, 3.8) is 0 Å². The van der Waals surface area contributed by atoms with Crippen LogP contribution in [-0.2, 0) is 0 Å². The molecule has 2 heteroatoms. The predicted octanol–water partition coefficient (Wildman–Crippen LogP) is 7.08. The van der Waals surface area contributed by atoms with Crippen molar-refractivity contribution >= 4 is 22.8 Å². The van der Waals surface area contributed by atoms with Gasteiger partial charge in [0.1, 0.15) is 0 Å². The van der Waals surface area contributed by atoms with Gasteiger partial charge in [-0.2, -0.15) is 0 Å². The molecule has 0 aliphatic heterocycles. The standard InChI is InChI=1S/C23H28N2/c1-3-5-9-19-23(25-21-16-12-8-13-17-21)22(18-6-4-2)24-20-14-10-7-11-15-20/h7-17,19H,3-6,18H2,1-2H3. The van der Waals surface area contributed by atoms with Gasteiger partial charge in [-0.25, -0.2) is 4.99 Å². The minimum Gasteiger partial charge on any atom is -0.251 e. The Morgan fingerprint density at radius 1 is 0.800 bits per heavy atom. The summed E-state index contributed by atoms with van der Waals surface area (Å²) >= 11 is 0. The number of rotatable bonds is 9. The minimum absolute atomic E-state index is 0.938. The third-order valence-corrected chi connectivity index (χ3v) is 3.82. The van der Waals surface area contributed by atoms with Crippen LogP contribution in [0.15, 0.2) is 82.8 Å². The smallest absolute Gasteiger partial charge is 0.0848 e. The lowest BCUT2D eigenvalue weighted by Gasteiger charge is -2.08. The van der Waals surface area contributed by atoms with Crippen molar-refractivity contribution in [3.8, 4) is 0 Å². The Morgan fingerprint density at radius 2 is 1.40 bits per heavy atom. The zero-order chi connectivity index (χ0) is 17.7. The lowest BCUT2D eigenvalue weighted by atomic mass is 10.1. The first kappa shape index (κ1) is 18.9. The lowest BCUT2D eigenvalue weighted by molar-refractivity contribution is 0.838. The fraction of sp³-hybridized carbons (Fsp3) is 0.304. The first-order chi connectivity index (χ1) is 12.3. The van der Waals surface area contributed by atoms with Crippen LogP contribution in [-0.4, -0.2) is 11.4 Å². The first-order valence-electron chi connectivity index (χ1n) is 9.26. The van der Waals surface area contributed by atoms with Crippen LogP contribution in [0.25, 0.3) is 0 Å². The van der Waals surface area contributed by atoms with Gasteiger partial charge in [0, 0.05) is 0 Å². The Bertz CT molecular complexity index is 697.